The molecule has 0 atom stereocenters. The topological polar surface area (TPSA) is 83.9 Å². The number of halogens is 1. The number of hydrogen-bond donors (Lipinski definition) is 2. The minimum Gasteiger partial charge on any atom is -0.493 e. The van der Waals surface area contributed by atoms with Gasteiger partial charge in [0.25, 0.3) is 0 Å². The zero-order chi connectivity index (χ0) is 24.5. The van der Waals surface area contributed by atoms with Gasteiger partial charge in [-0.2, -0.15) is 5.10 Å². The lowest BCUT2D eigenvalue weighted by Gasteiger charge is -2.29. The van der Waals surface area contributed by atoms with E-state index < -0.39 is 0 Å². The van der Waals surface area contributed by atoms with Gasteiger partial charge in [0.2, 0.25) is 0 Å². The standard InChI is InChI=1S/C27H26FN7O/c1-36-25-11-20(13-32-27(25)34-7-5-29-6-8-34)19-10-23-24(15-31-26(23)30-12-19)21-14-33-35(17-21)16-18-3-2-4-22(28)9-18/h2-4,9-15,17,29H,5-8,16H2,1H3,(H,30,31). The van der Waals surface area contributed by atoms with Crippen LogP contribution in [0.2, 0.25) is 0 Å². The van der Waals surface area contributed by atoms with Gasteiger partial charge in [-0.05, 0) is 29.8 Å². The third-order valence-electron chi connectivity index (χ3n) is 6.51. The summed E-state index contributed by atoms with van der Waals surface area (Å²) in [4.78, 5) is 14.9. The molecule has 4 aromatic heterocycles. The highest BCUT2D eigenvalue weighted by Gasteiger charge is 2.18. The molecule has 5 aromatic rings. The Morgan fingerprint density at radius 3 is 2.67 bits per heavy atom. The SMILES string of the molecule is COc1cc(-c2cnc3[nH]cc(-c4cnn(Cc5cccc(F)c5)c4)c3c2)cnc1N1CCNCC1. The molecule has 1 aliphatic heterocycles. The zero-order valence-corrected chi connectivity index (χ0v) is 19.9. The molecular formula is C27H26FN7O. The van der Waals surface area contributed by atoms with Gasteiger partial charge < -0.3 is 19.9 Å². The van der Waals surface area contributed by atoms with Crippen LogP contribution < -0.4 is 15.0 Å². The highest BCUT2D eigenvalue weighted by Crippen LogP contribution is 2.34. The van der Waals surface area contributed by atoms with Crippen molar-refractivity contribution >= 4 is 16.9 Å². The number of nitrogens with zero attached hydrogens (tertiary/aromatic N) is 5. The van der Waals surface area contributed by atoms with Crippen LogP contribution in [0.3, 0.4) is 0 Å². The Balaban J connectivity index is 1.31. The second-order valence-electron chi connectivity index (χ2n) is 8.87. The lowest BCUT2D eigenvalue weighted by molar-refractivity contribution is 0.411. The molecule has 0 radical (unpaired) electrons. The van der Waals surface area contributed by atoms with E-state index in [-0.39, 0.29) is 5.82 Å². The molecule has 8 nitrogen and oxygen atoms in total. The van der Waals surface area contributed by atoms with Gasteiger partial charge >= 0.3 is 0 Å². The number of ether oxygens (including phenoxy) is 1. The predicted octanol–water partition coefficient (Wildman–Crippen LogP) is 4.09. The highest BCUT2D eigenvalue weighted by molar-refractivity contribution is 5.95. The van der Waals surface area contributed by atoms with E-state index in [2.05, 4.69) is 31.3 Å². The largest absolute Gasteiger partial charge is 0.493 e. The number of benzene rings is 1. The number of aromatic nitrogens is 5. The Labute approximate surface area is 207 Å². The third kappa shape index (κ3) is 4.29. The maximum Gasteiger partial charge on any atom is 0.171 e. The fraction of sp³-hybridized carbons (Fsp3) is 0.222. The summed E-state index contributed by atoms with van der Waals surface area (Å²) in [6.07, 6.45) is 9.45. The van der Waals surface area contributed by atoms with E-state index in [1.807, 2.05) is 47.8 Å². The van der Waals surface area contributed by atoms with Gasteiger partial charge in [0.05, 0.1) is 19.9 Å². The van der Waals surface area contributed by atoms with Crippen LogP contribution in [0.4, 0.5) is 10.2 Å². The number of methoxy groups -OCH3 is 1. The van der Waals surface area contributed by atoms with Gasteiger partial charge in [-0.3, -0.25) is 4.68 Å². The Morgan fingerprint density at radius 2 is 1.83 bits per heavy atom. The summed E-state index contributed by atoms with van der Waals surface area (Å²) in [5.41, 5.74) is 5.51. The van der Waals surface area contributed by atoms with Crippen LogP contribution >= 0.6 is 0 Å². The first-order valence-electron chi connectivity index (χ1n) is 11.9. The van der Waals surface area contributed by atoms with E-state index in [1.54, 1.807) is 13.2 Å². The number of aromatic amines is 1. The Bertz CT molecular complexity index is 1520. The summed E-state index contributed by atoms with van der Waals surface area (Å²) in [6, 6.07) is 10.7. The molecule has 0 saturated carbocycles. The molecule has 36 heavy (non-hydrogen) atoms. The summed E-state index contributed by atoms with van der Waals surface area (Å²) >= 11 is 0. The van der Waals surface area contributed by atoms with E-state index in [9.17, 15) is 4.39 Å². The zero-order valence-electron chi connectivity index (χ0n) is 19.9. The van der Waals surface area contributed by atoms with Crippen molar-refractivity contribution in [1.29, 1.82) is 0 Å². The van der Waals surface area contributed by atoms with Gasteiger partial charge in [-0.25, -0.2) is 14.4 Å². The molecule has 0 amide bonds. The van der Waals surface area contributed by atoms with Crippen molar-refractivity contribution in [3.8, 4) is 28.0 Å². The Hall–Kier alpha value is -4.24. The lowest BCUT2D eigenvalue weighted by atomic mass is 10.0. The second kappa shape index (κ2) is 9.43. The summed E-state index contributed by atoms with van der Waals surface area (Å²) in [6.45, 7) is 4.16. The highest BCUT2D eigenvalue weighted by atomic mass is 19.1. The molecule has 0 spiro atoms. The molecular weight excluding hydrogens is 457 g/mol. The van der Waals surface area contributed by atoms with Gasteiger partial charge in [-0.15, -0.1) is 0 Å². The molecule has 1 saturated heterocycles. The average Bonchev–Trinajstić information content (AvgIpc) is 3.55. The van der Waals surface area contributed by atoms with Gasteiger partial charge in [0, 0.05) is 78.6 Å². The summed E-state index contributed by atoms with van der Waals surface area (Å²) < 4.78 is 21.1. The van der Waals surface area contributed by atoms with E-state index in [4.69, 9.17) is 9.72 Å². The van der Waals surface area contributed by atoms with Crippen molar-refractivity contribution in [3.05, 3.63) is 78.8 Å². The smallest absolute Gasteiger partial charge is 0.171 e. The number of rotatable bonds is 6. The fourth-order valence-electron chi connectivity index (χ4n) is 4.67. The molecule has 0 unspecified atom stereocenters. The maximum absolute atomic E-state index is 13.6. The molecule has 5 heterocycles. The van der Waals surface area contributed by atoms with E-state index >= 15 is 0 Å². The quantitative estimate of drug-likeness (QED) is 0.379. The van der Waals surface area contributed by atoms with Crippen molar-refractivity contribution in [1.82, 2.24) is 30.0 Å². The first kappa shape index (κ1) is 22.2. The van der Waals surface area contributed by atoms with Crippen molar-refractivity contribution in [2.75, 3.05) is 38.2 Å². The van der Waals surface area contributed by atoms with Crippen LogP contribution in [0, 0.1) is 5.82 Å². The first-order valence-corrected chi connectivity index (χ1v) is 11.9. The molecule has 0 aliphatic carbocycles. The molecule has 2 N–H and O–H groups in total. The molecule has 1 fully saturated rings. The van der Waals surface area contributed by atoms with Gasteiger partial charge in [0.15, 0.2) is 11.6 Å². The van der Waals surface area contributed by atoms with Crippen molar-refractivity contribution in [2.45, 2.75) is 6.54 Å². The number of H-pyrrole nitrogens is 1. The van der Waals surface area contributed by atoms with Gasteiger partial charge in [0.1, 0.15) is 11.5 Å². The molecule has 1 aromatic carbocycles. The van der Waals surface area contributed by atoms with Crippen molar-refractivity contribution < 1.29 is 9.13 Å². The predicted molar refractivity (Wildman–Crippen MR) is 138 cm³/mol. The molecule has 182 valence electrons. The maximum atomic E-state index is 13.6. The average molecular weight is 484 g/mol. The fourth-order valence-corrected chi connectivity index (χ4v) is 4.67. The summed E-state index contributed by atoms with van der Waals surface area (Å²) in [7, 11) is 1.68. The van der Waals surface area contributed by atoms with E-state index in [1.165, 1.54) is 12.1 Å². The lowest BCUT2D eigenvalue weighted by Crippen LogP contribution is -2.44. The van der Waals surface area contributed by atoms with Gasteiger partial charge in [-0.1, -0.05) is 12.1 Å². The van der Waals surface area contributed by atoms with Crippen molar-refractivity contribution in [3.63, 3.8) is 0 Å². The van der Waals surface area contributed by atoms with Crippen molar-refractivity contribution in [2.24, 2.45) is 0 Å². The molecule has 1 aliphatic rings. The number of hydrogen-bond acceptors (Lipinski definition) is 6. The summed E-state index contributed by atoms with van der Waals surface area (Å²) in [5, 5.41) is 8.84. The minimum absolute atomic E-state index is 0.248. The van der Waals surface area contributed by atoms with Crippen LogP contribution in [-0.2, 0) is 6.54 Å². The normalized spacial score (nSPS) is 13.9. The first-order chi connectivity index (χ1) is 17.7. The number of fused-ring (bicyclic) bond motifs is 1. The van der Waals surface area contributed by atoms with E-state index in [0.717, 1.165) is 76.6 Å². The van der Waals surface area contributed by atoms with Crippen LogP contribution in [-0.4, -0.2) is 58.0 Å². The van der Waals surface area contributed by atoms with Crippen LogP contribution in [0.1, 0.15) is 5.56 Å². The number of nitrogens with one attached hydrogen (secondary N) is 2. The monoisotopic (exact) mass is 483 g/mol. The Morgan fingerprint density at radius 1 is 1.00 bits per heavy atom. The Kier molecular flexibility index (Phi) is 5.82. The van der Waals surface area contributed by atoms with Crippen LogP contribution in [0.25, 0.3) is 33.3 Å². The third-order valence-corrected chi connectivity index (χ3v) is 6.51. The van der Waals surface area contributed by atoms with Crippen LogP contribution in [0.15, 0.2) is 67.4 Å². The molecule has 0 bridgehead atoms. The van der Waals surface area contributed by atoms with Crippen LogP contribution in [0.5, 0.6) is 5.75 Å². The van der Waals surface area contributed by atoms with E-state index in [0.29, 0.717) is 6.54 Å². The molecule has 6 rings (SSSR count). The summed E-state index contributed by atoms with van der Waals surface area (Å²) in [5.74, 6) is 1.37. The second-order valence-corrected chi connectivity index (χ2v) is 8.87. The minimum atomic E-state index is -0.248. The number of anilines is 1. The number of piperazine rings is 1. The number of pyridine rings is 2. The molecule has 9 heteroatoms.